The minimum atomic E-state index is -4.40. The molecule has 1 heterocycles. The lowest BCUT2D eigenvalue weighted by atomic mass is 9.97. The number of carbonyl (C=O) groups is 1. The van der Waals surface area contributed by atoms with E-state index < -0.39 is 28.8 Å². The monoisotopic (exact) mass is 436 g/mol. The zero-order chi connectivity index (χ0) is 21.8. The van der Waals surface area contributed by atoms with E-state index in [4.69, 9.17) is 0 Å². The number of ether oxygens (including phenoxy) is 1. The van der Waals surface area contributed by atoms with Gasteiger partial charge in [-0.2, -0.15) is 17.5 Å². The molecule has 29 heavy (non-hydrogen) atoms. The van der Waals surface area contributed by atoms with Crippen LogP contribution in [0.5, 0.6) is 0 Å². The van der Waals surface area contributed by atoms with Gasteiger partial charge in [-0.1, -0.05) is 17.7 Å². The van der Waals surface area contributed by atoms with E-state index in [2.05, 4.69) is 10.1 Å². The Balaban J connectivity index is 1.87. The van der Waals surface area contributed by atoms with Gasteiger partial charge in [0.05, 0.1) is 11.5 Å². The van der Waals surface area contributed by atoms with Crippen molar-refractivity contribution in [1.82, 2.24) is 9.62 Å². The predicted octanol–water partition coefficient (Wildman–Crippen LogP) is 2.79. The Morgan fingerprint density at radius 2 is 1.90 bits per heavy atom. The molecule has 6 nitrogen and oxygen atoms in total. The van der Waals surface area contributed by atoms with Gasteiger partial charge in [0.1, 0.15) is 6.61 Å². The van der Waals surface area contributed by atoms with Gasteiger partial charge in [-0.05, 0) is 45.2 Å². The van der Waals surface area contributed by atoms with Crippen LogP contribution in [0, 0.1) is 19.8 Å². The molecule has 0 saturated carbocycles. The van der Waals surface area contributed by atoms with Gasteiger partial charge in [-0.3, -0.25) is 4.79 Å². The number of benzene rings is 1. The highest BCUT2D eigenvalue weighted by Crippen LogP contribution is 2.26. The molecule has 0 spiro atoms. The van der Waals surface area contributed by atoms with E-state index in [0.717, 1.165) is 5.56 Å². The SMILES string of the molecule is Cc1ccc(S(=O)(=O)N2CCC(C(=O)NC(C)COCC(F)(F)F)CC2)c(C)c1. The van der Waals surface area contributed by atoms with Crippen molar-refractivity contribution in [2.75, 3.05) is 26.3 Å². The number of aryl methyl sites for hydroxylation is 2. The molecule has 1 aliphatic rings. The van der Waals surface area contributed by atoms with Gasteiger partial charge in [0, 0.05) is 25.0 Å². The molecule has 2 rings (SSSR count). The highest BCUT2D eigenvalue weighted by molar-refractivity contribution is 7.89. The van der Waals surface area contributed by atoms with Crippen LogP contribution in [0.1, 0.15) is 30.9 Å². The zero-order valence-corrected chi connectivity index (χ0v) is 17.6. The first kappa shape index (κ1) is 23.6. The first-order valence-electron chi connectivity index (χ1n) is 9.42. The molecule has 164 valence electrons. The second kappa shape index (κ2) is 9.44. The number of carbonyl (C=O) groups excluding carboxylic acids is 1. The lowest BCUT2D eigenvalue weighted by Crippen LogP contribution is -2.45. The third-order valence-corrected chi connectivity index (χ3v) is 6.85. The average Bonchev–Trinajstić information content (AvgIpc) is 2.60. The van der Waals surface area contributed by atoms with Gasteiger partial charge >= 0.3 is 6.18 Å². The third kappa shape index (κ3) is 6.68. The normalized spacial score (nSPS) is 17.9. The van der Waals surface area contributed by atoms with Crippen LogP contribution >= 0.6 is 0 Å². The van der Waals surface area contributed by atoms with Gasteiger partial charge in [0.25, 0.3) is 0 Å². The molecule has 1 aromatic carbocycles. The fourth-order valence-electron chi connectivity index (χ4n) is 3.34. The summed E-state index contributed by atoms with van der Waals surface area (Å²) in [5.74, 6) is -0.678. The molecule has 0 radical (unpaired) electrons. The van der Waals surface area contributed by atoms with E-state index in [1.807, 2.05) is 13.0 Å². The molecule has 1 N–H and O–H groups in total. The van der Waals surface area contributed by atoms with Crippen molar-refractivity contribution in [2.45, 2.75) is 50.7 Å². The summed E-state index contributed by atoms with van der Waals surface area (Å²) in [7, 11) is -3.63. The van der Waals surface area contributed by atoms with Crippen molar-refractivity contribution in [3.8, 4) is 0 Å². The van der Waals surface area contributed by atoms with E-state index in [9.17, 15) is 26.4 Å². The maximum absolute atomic E-state index is 12.9. The van der Waals surface area contributed by atoms with Crippen molar-refractivity contribution in [3.63, 3.8) is 0 Å². The largest absolute Gasteiger partial charge is 0.411 e. The number of halogens is 3. The molecule has 1 atom stereocenters. The Hall–Kier alpha value is -1.65. The quantitative estimate of drug-likeness (QED) is 0.713. The summed E-state index contributed by atoms with van der Waals surface area (Å²) in [6.07, 6.45) is -3.70. The van der Waals surface area contributed by atoms with Gasteiger partial charge in [0.15, 0.2) is 0 Å². The van der Waals surface area contributed by atoms with E-state index in [-0.39, 0.29) is 36.4 Å². The molecule has 0 aliphatic carbocycles. The molecule has 1 aliphatic heterocycles. The number of hydrogen-bond donors (Lipinski definition) is 1. The zero-order valence-electron chi connectivity index (χ0n) is 16.8. The molecule has 1 aromatic rings. The van der Waals surface area contributed by atoms with Crippen LogP contribution in [0.15, 0.2) is 23.1 Å². The van der Waals surface area contributed by atoms with E-state index in [1.165, 1.54) is 4.31 Å². The lowest BCUT2D eigenvalue weighted by Gasteiger charge is -2.31. The molecular weight excluding hydrogens is 409 g/mol. The summed E-state index contributed by atoms with van der Waals surface area (Å²) in [5, 5.41) is 2.64. The van der Waals surface area contributed by atoms with Crippen molar-refractivity contribution in [3.05, 3.63) is 29.3 Å². The standard InChI is InChI=1S/C19H27F3N2O4S/c1-13-4-5-17(14(2)10-13)29(26,27)24-8-6-16(7-9-24)18(25)23-15(3)11-28-12-19(20,21)22/h4-5,10,15-16H,6-9,11-12H2,1-3H3,(H,23,25). The molecule has 0 bridgehead atoms. The van der Waals surface area contributed by atoms with E-state index in [0.29, 0.717) is 18.4 Å². The van der Waals surface area contributed by atoms with Gasteiger partial charge < -0.3 is 10.1 Å². The summed E-state index contributed by atoms with van der Waals surface area (Å²) in [6, 6.07) is 4.60. The second-order valence-electron chi connectivity index (χ2n) is 7.49. The number of amides is 1. The summed E-state index contributed by atoms with van der Waals surface area (Å²) in [6.45, 7) is 4.03. The van der Waals surface area contributed by atoms with Gasteiger partial charge in [0.2, 0.25) is 15.9 Å². The molecular formula is C19H27F3N2O4S. The minimum absolute atomic E-state index is 0.215. The van der Waals surface area contributed by atoms with Crippen LogP contribution in [-0.2, 0) is 19.6 Å². The van der Waals surface area contributed by atoms with Crippen molar-refractivity contribution < 1.29 is 31.1 Å². The first-order chi connectivity index (χ1) is 13.4. The van der Waals surface area contributed by atoms with Crippen LogP contribution in [0.2, 0.25) is 0 Å². The summed E-state index contributed by atoms with van der Waals surface area (Å²) in [5.41, 5.74) is 1.66. The van der Waals surface area contributed by atoms with Crippen LogP contribution in [0.3, 0.4) is 0 Å². The molecule has 1 saturated heterocycles. The predicted molar refractivity (Wildman–Crippen MR) is 102 cm³/mol. The first-order valence-corrected chi connectivity index (χ1v) is 10.9. The van der Waals surface area contributed by atoms with Crippen molar-refractivity contribution in [1.29, 1.82) is 0 Å². The average molecular weight is 436 g/mol. The molecule has 0 aromatic heterocycles. The van der Waals surface area contributed by atoms with E-state index in [1.54, 1.807) is 26.0 Å². The topological polar surface area (TPSA) is 75.7 Å². The van der Waals surface area contributed by atoms with Crippen LogP contribution in [0.4, 0.5) is 13.2 Å². The number of piperidine rings is 1. The summed E-state index contributed by atoms with van der Waals surface area (Å²) >= 11 is 0. The fraction of sp³-hybridized carbons (Fsp3) is 0.632. The Morgan fingerprint density at radius 1 is 1.28 bits per heavy atom. The van der Waals surface area contributed by atoms with Crippen LogP contribution in [0.25, 0.3) is 0 Å². The number of alkyl halides is 3. The number of nitrogens with one attached hydrogen (secondary N) is 1. The van der Waals surface area contributed by atoms with Crippen LogP contribution < -0.4 is 5.32 Å². The number of nitrogens with zero attached hydrogens (tertiary/aromatic N) is 1. The molecule has 1 fully saturated rings. The molecule has 10 heteroatoms. The molecule has 1 amide bonds. The Bertz CT molecular complexity index is 819. The molecule has 1 unspecified atom stereocenters. The maximum Gasteiger partial charge on any atom is 0.411 e. The lowest BCUT2D eigenvalue weighted by molar-refractivity contribution is -0.175. The Labute approximate surface area is 169 Å². The highest BCUT2D eigenvalue weighted by Gasteiger charge is 2.33. The van der Waals surface area contributed by atoms with Gasteiger partial charge in [-0.15, -0.1) is 0 Å². The number of sulfonamides is 1. The van der Waals surface area contributed by atoms with E-state index >= 15 is 0 Å². The number of hydrogen-bond acceptors (Lipinski definition) is 4. The summed E-state index contributed by atoms with van der Waals surface area (Å²) < 4.78 is 68.0. The van der Waals surface area contributed by atoms with Crippen molar-refractivity contribution in [2.24, 2.45) is 5.92 Å². The Morgan fingerprint density at radius 3 is 2.45 bits per heavy atom. The van der Waals surface area contributed by atoms with Crippen molar-refractivity contribution >= 4 is 15.9 Å². The third-order valence-electron chi connectivity index (χ3n) is 4.80. The fourth-order valence-corrected chi connectivity index (χ4v) is 5.02. The van der Waals surface area contributed by atoms with Gasteiger partial charge in [-0.25, -0.2) is 8.42 Å². The Kier molecular flexibility index (Phi) is 7.69. The maximum atomic E-state index is 12.9. The second-order valence-corrected chi connectivity index (χ2v) is 9.39. The van der Waals surface area contributed by atoms with Crippen LogP contribution in [-0.4, -0.2) is 57.2 Å². The highest BCUT2D eigenvalue weighted by atomic mass is 32.2. The smallest absolute Gasteiger partial charge is 0.370 e. The minimum Gasteiger partial charge on any atom is -0.370 e. The summed E-state index contributed by atoms with van der Waals surface area (Å²) in [4.78, 5) is 12.6. The number of rotatable bonds is 7.